The van der Waals surface area contributed by atoms with Gasteiger partial charge >= 0.3 is 0 Å². The number of piperidine rings is 1. The molecule has 2 atom stereocenters. The minimum absolute atomic E-state index is 0.223. The molecule has 1 saturated heterocycles. The first-order valence-corrected chi connectivity index (χ1v) is 8.19. The molecular formula is C18H28N2O. The average Bonchev–Trinajstić information content (AvgIpc) is 2.51. The number of aryl methyl sites for hydroxylation is 1. The van der Waals surface area contributed by atoms with E-state index in [-0.39, 0.29) is 5.92 Å². The summed E-state index contributed by atoms with van der Waals surface area (Å²) in [4.78, 5) is 14.3. The fourth-order valence-corrected chi connectivity index (χ4v) is 3.10. The summed E-state index contributed by atoms with van der Waals surface area (Å²) in [7, 11) is 1.96. The summed E-state index contributed by atoms with van der Waals surface area (Å²) in [5, 5.41) is 3.41. The number of benzene rings is 1. The standard InChI is InChI=1S/C18H28N2O/c1-15-14-17(11-12-19-15)18(21)20(2)13-7-6-10-16-8-4-3-5-9-16/h3-5,8-9,15,17,19H,6-7,10-14H2,1-2H3/t15-,17-/m0/s1. The van der Waals surface area contributed by atoms with Gasteiger partial charge in [0.15, 0.2) is 0 Å². The van der Waals surface area contributed by atoms with E-state index in [4.69, 9.17) is 0 Å². The van der Waals surface area contributed by atoms with Crippen LogP contribution in [0.25, 0.3) is 0 Å². The second kappa shape index (κ2) is 8.18. The van der Waals surface area contributed by atoms with Crippen LogP contribution >= 0.6 is 0 Å². The zero-order valence-electron chi connectivity index (χ0n) is 13.3. The second-order valence-electron chi connectivity index (χ2n) is 6.28. The van der Waals surface area contributed by atoms with Gasteiger partial charge in [-0.05, 0) is 51.1 Å². The summed E-state index contributed by atoms with van der Waals surface area (Å²) in [6.07, 6.45) is 5.29. The molecule has 2 rings (SSSR count). The van der Waals surface area contributed by atoms with Crippen molar-refractivity contribution in [1.29, 1.82) is 0 Å². The normalized spacial score (nSPS) is 22.0. The van der Waals surface area contributed by atoms with Gasteiger partial charge in [0.05, 0.1) is 0 Å². The van der Waals surface area contributed by atoms with Crippen LogP contribution < -0.4 is 5.32 Å². The lowest BCUT2D eigenvalue weighted by atomic mass is 9.92. The van der Waals surface area contributed by atoms with Crippen molar-refractivity contribution in [3.05, 3.63) is 35.9 Å². The SMILES string of the molecule is C[C@H]1C[C@@H](C(=O)N(C)CCCCc2ccccc2)CCN1. The van der Waals surface area contributed by atoms with E-state index in [0.717, 1.165) is 45.2 Å². The Hall–Kier alpha value is -1.35. The van der Waals surface area contributed by atoms with Crippen LogP contribution in [-0.4, -0.2) is 37.0 Å². The molecular weight excluding hydrogens is 260 g/mol. The van der Waals surface area contributed by atoms with Crippen LogP contribution in [0, 0.1) is 5.92 Å². The molecule has 0 aliphatic carbocycles. The van der Waals surface area contributed by atoms with E-state index in [2.05, 4.69) is 42.6 Å². The van der Waals surface area contributed by atoms with Crippen molar-refractivity contribution in [3.63, 3.8) is 0 Å². The molecule has 1 aromatic rings. The lowest BCUT2D eigenvalue weighted by molar-refractivity contribution is -0.135. The first-order chi connectivity index (χ1) is 10.2. The van der Waals surface area contributed by atoms with Crippen LogP contribution in [0.3, 0.4) is 0 Å². The summed E-state index contributed by atoms with van der Waals surface area (Å²) in [5.41, 5.74) is 1.39. The average molecular weight is 288 g/mol. The largest absolute Gasteiger partial charge is 0.346 e. The molecule has 1 aliphatic heterocycles. The Balaban J connectivity index is 1.66. The summed E-state index contributed by atoms with van der Waals surface area (Å²) in [5.74, 6) is 0.559. The number of nitrogens with one attached hydrogen (secondary N) is 1. The third-order valence-corrected chi connectivity index (χ3v) is 4.40. The number of amides is 1. The Bertz CT molecular complexity index is 432. The van der Waals surface area contributed by atoms with Gasteiger partial charge < -0.3 is 10.2 Å². The maximum Gasteiger partial charge on any atom is 0.225 e. The maximum atomic E-state index is 12.4. The number of hydrogen-bond acceptors (Lipinski definition) is 2. The van der Waals surface area contributed by atoms with Crippen molar-refractivity contribution >= 4 is 5.91 Å². The molecule has 1 fully saturated rings. The van der Waals surface area contributed by atoms with Gasteiger partial charge in [0.1, 0.15) is 0 Å². The lowest BCUT2D eigenvalue weighted by Crippen LogP contribution is -2.43. The highest BCUT2D eigenvalue weighted by Crippen LogP contribution is 2.18. The Morgan fingerprint density at radius 3 is 2.76 bits per heavy atom. The van der Waals surface area contributed by atoms with Gasteiger partial charge in [0.2, 0.25) is 5.91 Å². The number of hydrogen-bond donors (Lipinski definition) is 1. The van der Waals surface area contributed by atoms with E-state index in [9.17, 15) is 4.79 Å². The lowest BCUT2D eigenvalue weighted by Gasteiger charge is -2.30. The molecule has 21 heavy (non-hydrogen) atoms. The smallest absolute Gasteiger partial charge is 0.225 e. The van der Waals surface area contributed by atoms with Crippen LogP contribution in [-0.2, 0) is 11.2 Å². The van der Waals surface area contributed by atoms with Gasteiger partial charge in [-0.1, -0.05) is 30.3 Å². The van der Waals surface area contributed by atoms with Gasteiger partial charge in [0, 0.05) is 25.6 Å². The maximum absolute atomic E-state index is 12.4. The van der Waals surface area contributed by atoms with Gasteiger partial charge in [-0.3, -0.25) is 4.79 Å². The highest BCUT2D eigenvalue weighted by Gasteiger charge is 2.26. The first kappa shape index (κ1) is 16.0. The predicted octanol–water partition coefficient (Wildman–Crippen LogP) is 2.86. The van der Waals surface area contributed by atoms with Crippen LogP contribution in [0.2, 0.25) is 0 Å². The van der Waals surface area contributed by atoms with Crippen molar-refractivity contribution in [1.82, 2.24) is 10.2 Å². The second-order valence-corrected chi connectivity index (χ2v) is 6.28. The molecule has 0 radical (unpaired) electrons. The molecule has 0 bridgehead atoms. The van der Waals surface area contributed by atoms with Crippen LogP contribution in [0.4, 0.5) is 0 Å². The van der Waals surface area contributed by atoms with Crippen LogP contribution in [0.1, 0.15) is 38.2 Å². The van der Waals surface area contributed by atoms with E-state index in [1.807, 2.05) is 11.9 Å². The molecule has 0 unspecified atom stereocenters. The van der Waals surface area contributed by atoms with Gasteiger partial charge in [-0.25, -0.2) is 0 Å². The summed E-state index contributed by atoms with van der Waals surface area (Å²) >= 11 is 0. The molecule has 0 saturated carbocycles. The monoisotopic (exact) mass is 288 g/mol. The van der Waals surface area contributed by atoms with E-state index in [0.29, 0.717) is 11.9 Å². The Kier molecular flexibility index (Phi) is 6.24. The summed E-state index contributed by atoms with van der Waals surface area (Å²) < 4.78 is 0. The van der Waals surface area contributed by atoms with E-state index in [1.165, 1.54) is 5.56 Å². The minimum atomic E-state index is 0.223. The molecule has 1 amide bonds. The Labute approximate surface area is 128 Å². The first-order valence-electron chi connectivity index (χ1n) is 8.19. The molecule has 0 aromatic heterocycles. The zero-order chi connectivity index (χ0) is 15.1. The molecule has 1 heterocycles. The number of carbonyl (C=O) groups excluding carboxylic acids is 1. The molecule has 3 heteroatoms. The fraction of sp³-hybridized carbons (Fsp3) is 0.611. The van der Waals surface area contributed by atoms with Crippen molar-refractivity contribution < 1.29 is 4.79 Å². The van der Waals surface area contributed by atoms with Gasteiger partial charge in [-0.15, -0.1) is 0 Å². The van der Waals surface area contributed by atoms with Crippen molar-refractivity contribution in [2.75, 3.05) is 20.1 Å². The van der Waals surface area contributed by atoms with Crippen molar-refractivity contribution in [2.45, 2.75) is 45.1 Å². The Morgan fingerprint density at radius 2 is 2.05 bits per heavy atom. The van der Waals surface area contributed by atoms with E-state index >= 15 is 0 Å². The highest BCUT2D eigenvalue weighted by molar-refractivity contribution is 5.78. The van der Waals surface area contributed by atoms with E-state index in [1.54, 1.807) is 0 Å². The molecule has 116 valence electrons. The number of carbonyl (C=O) groups is 1. The number of unbranched alkanes of at least 4 members (excludes halogenated alkanes) is 1. The molecule has 1 aromatic carbocycles. The van der Waals surface area contributed by atoms with Crippen LogP contribution in [0.15, 0.2) is 30.3 Å². The predicted molar refractivity (Wildman–Crippen MR) is 87.2 cm³/mol. The number of nitrogens with zero attached hydrogens (tertiary/aromatic N) is 1. The van der Waals surface area contributed by atoms with Gasteiger partial charge in [0.25, 0.3) is 0 Å². The molecule has 0 spiro atoms. The third kappa shape index (κ3) is 5.16. The highest BCUT2D eigenvalue weighted by atomic mass is 16.2. The van der Waals surface area contributed by atoms with Gasteiger partial charge in [-0.2, -0.15) is 0 Å². The topological polar surface area (TPSA) is 32.3 Å². The molecule has 1 aliphatic rings. The van der Waals surface area contributed by atoms with Crippen LogP contribution in [0.5, 0.6) is 0 Å². The molecule has 1 N–H and O–H groups in total. The quantitative estimate of drug-likeness (QED) is 0.816. The van der Waals surface area contributed by atoms with E-state index < -0.39 is 0 Å². The minimum Gasteiger partial charge on any atom is -0.346 e. The zero-order valence-corrected chi connectivity index (χ0v) is 13.3. The molecule has 3 nitrogen and oxygen atoms in total. The third-order valence-electron chi connectivity index (χ3n) is 4.40. The van der Waals surface area contributed by atoms with Crippen molar-refractivity contribution in [3.8, 4) is 0 Å². The fourth-order valence-electron chi connectivity index (χ4n) is 3.10. The van der Waals surface area contributed by atoms with Crippen molar-refractivity contribution in [2.24, 2.45) is 5.92 Å². The summed E-state index contributed by atoms with van der Waals surface area (Å²) in [6.45, 7) is 4.02. The number of rotatable bonds is 6. The Morgan fingerprint density at radius 1 is 1.29 bits per heavy atom. The summed E-state index contributed by atoms with van der Waals surface area (Å²) in [6, 6.07) is 11.0.